The van der Waals surface area contributed by atoms with Crippen molar-refractivity contribution in [2.24, 2.45) is 5.10 Å². The number of anilines is 1. The fourth-order valence-corrected chi connectivity index (χ4v) is 1.10. The van der Waals surface area contributed by atoms with Gasteiger partial charge in [0.25, 0.3) is 5.88 Å². The zero-order valence-electron chi connectivity index (χ0n) is 8.47. The summed E-state index contributed by atoms with van der Waals surface area (Å²) in [4.78, 5) is 3.86. The van der Waals surface area contributed by atoms with E-state index in [0.29, 0.717) is 11.7 Å². The summed E-state index contributed by atoms with van der Waals surface area (Å²) < 4.78 is 10.2. The summed E-state index contributed by atoms with van der Waals surface area (Å²) in [5.41, 5.74) is 2.76. The number of oxazole rings is 1. The minimum atomic E-state index is 0.175. The van der Waals surface area contributed by atoms with Gasteiger partial charge in [0.15, 0.2) is 5.89 Å². The molecular weight excluding hydrogens is 208 g/mol. The molecule has 0 unspecified atom stereocenters. The van der Waals surface area contributed by atoms with Gasteiger partial charge in [0.2, 0.25) is 5.69 Å². The van der Waals surface area contributed by atoms with Crippen molar-refractivity contribution in [1.29, 1.82) is 5.26 Å². The van der Waals surface area contributed by atoms with Gasteiger partial charge >= 0.3 is 0 Å². The average molecular weight is 216 g/mol. The van der Waals surface area contributed by atoms with Crippen LogP contribution in [0.2, 0.25) is 0 Å². The number of aromatic nitrogens is 1. The fraction of sp³-hybridized carbons (Fsp3) is 0.100. The van der Waals surface area contributed by atoms with Gasteiger partial charge in [-0.1, -0.05) is 0 Å². The van der Waals surface area contributed by atoms with Crippen molar-refractivity contribution in [1.82, 2.24) is 4.98 Å². The molecule has 2 rings (SSSR count). The Hall–Kier alpha value is -2.55. The lowest BCUT2D eigenvalue weighted by molar-refractivity contribution is 0.533. The van der Waals surface area contributed by atoms with Crippen LogP contribution in [-0.4, -0.2) is 11.2 Å². The second kappa shape index (κ2) is 4.31. The molecule has 0 spiro atoms. The van der Waals surface area contributed by atoms with Crippen molar-refractivity contribution in [3.8, 4) is 6.07 Å². The third kappa shape index (κ3) is 2.09. The van der Waals surface area contributed by atoms with E-state index in [-0.39, 0.29) is 11.6 Å². The lowest BCUT2D eigenvalue weighted by Crippen LogP contribution is -1.90. The highest BCUT2D eigenvalue weighted by molar-refractivity contribution is 5.76. The molecule has 80 valence electrons. The molecule has 2 aromatic heterocycles. The van der Waals surface area contributed by atoms with E-state index in [0.717, 1.165) is 0 Å². The summed E-state index contributed by atoms with van der Waals surface area (Å²) in [5.74, 6) is 1.23. The van der Waals surface area contributed by atoms with Crippen molar-refractivity contribution in [3.05, 3.63) is 35.7 Å². The Bertz CT molecular complexity index is 534. The molecule has 0 saturated heterocycles. The Labute approximate surface area is 91.2 Å². The SMILES string of the molecule is Cc1nc(C#N)c(N/N=C/c2ccco2)o1. The van der Waals surface area contributed by atoms with E-state index in [1.165, 1.54) is 6.21 Å². The van der Waals surface area contributed by atoms with E-state index in [2.05, 4.69) is 15.5 Å². The Morgan fingerprint density at radius 1 is 1.62 bits per heavy atom. The molecule has 6 nitrogen and oxygen atoms in total. The van der Waals surface area contributed by atoms with E-state index < -0.39 is 0 Å². The minimum Gasteiger partial charge on any atom is -0.463 e. The first-order chi connectivity index (χ1) is 7.79. The summed E-state index contributed by atoms with van der Waals surface area (Å²) >= 11 is 0. The zero-order valence-corrected chi connectivity index (χ0v) is 8.47. The van der Waals surface area contributed by atoms with Crippen LogP contribution >= 0.6 is 0 Å². The number of hydrazone groups is 1. The van der Waals surface area contributed by atoms with Crippen LogP contribution in [0.1, 0.15) is 17.3 Å². The molecule has 2 heterocycles. The number of aryl methyl sites for hydroxylation is 1. The number of nitriles is 1. The van der Waals surface area contributed by atoms with Gasteiger partial charge in [-0.05, 0) is 12.1 Å². The largest absolute Gasteiger partial charge is 0.463 e. The Morgan fingerprint density at radius 2 is 2.50 bits per heavy atom. The summed E-state index contributed by atoms with van der Waals surface area (Å²) in [6, 6.07) is 5.40. The maximum atomic E-state index is 8.73. The maximum Gasteiger partial charge on any atom is 0.252 e. The number of nitrogens with one attached hydrogen (secondary N) is 1. The van der Waals surface area contributed by atoms with Crippen molar-refractivity contribution >= 4 is 12.1 Å². The first kappa shape index (κ1) is 9.98. The molecule has 0 aliphatic heterocycles. The van der Waals surface area contributed by atoms with E-state index in [1.54, 1.807) is 25.3 Å². The van der Waals surface area contributed by atoms with Crippen molar-refractivity contribution in [2.45, 2.75) is 6.92 Å². The second-order valence-electron chi connectivity index (χ2n) is 2.91. The monoisotopic (exact) mass is 216 g/mol. The van der Waals surface area contributed by atoms with Crippen LogP contribution in [0, 0.1) is 18.3 Å². The molecular formula is C10H8N4O2. The molecule has 0 bridgehead atoms. The van der Waals surface area contributed by atoms with E-state index >= 15 is 0 Å². The normalized spacial score (nSPS) is 10.5. The molecule has 0 fully saturated rings. The van der Waals surface area contributed by atoms with Crippen LogP contribution in [0.15, 0.2) is 32.3 Å². The first-order valence-corrected chi connectivity index (χ1v) is 4.49. The second-order valence-corrected chi connectivity index (χ2v) is 2.91. The molecule has 0 aliphatic rings. The summed E-state index contributed by atoms with van der Waals surface area (Å²) in [7, 11) is 0. The lowest BCUT2D eigenvalue weighted by Gasteiger charge is -1.92. The first-order valence-electron chi connectivity index (χ1n) is 4.49. The van der Waals surface area contributed by atoms with Crippen molar-refractivity contribution < 1.29 is 8.83 Å². The zero-order chi connectivity index (χ0) is 11.4. The van der Waals surface area contributed by atoms with Crippen molar-refractivity contribution in [2.75, 3.05) is 5.43 Å². The summed E-state index contributed by atoms with van der Waals surface area (Å²) in [5, 5.41) is 12.6. The predicted molar refractivity (Wildman–Crippen MR) is 55.9 cm³/mol. The Balaban J connectivity index is 2.08. The molecule has 0 atom stereocenters. The molecule has 0 amide bonds. The summed E-state index contributed by atoms with van der Waals surface area (Å²) in [6.07, 6.45) is 3.01. The molecule has 16 heavy (non-hydrogen) atoms. The van der Waals surface area contributed by atoms with E-state index in [1.807, 2.05) is 6.07 Å². The minimum absolute atomic E-state index is 0.175. The van der Waals surface area contributed by atoms with Gasteiger partial charge in [0.1, 0.15) is 11.8 Å². The van der Waals surface area contributed by atoms with Crippen LogP contribution in [0.5, 0.6) is 0 Å². The van der Waals surface area contributed by atoms with Gasteiger partial charge in [-0.2, -0.15) is 10.4 Å². The van der Waals surface area contributed by atoms with Crippen LogP contribution in [-0.2, 0) is 0 Å². The van der Waals surface area contributed by atoms with Gasteiger partial charge in [0, 0.05) is 6.92 Å². The van der Waals surface area contributed by atoms with Crippen LogP contribution < -0.4 is 5.43 Å². The Kier molecular flexibility index (Phi) is 2.69. The third-order valence-corrected chi connectivity index (χ3v) is 1.74. The number of rotatable bonds is 3. The Morgan fingerprint density at radius 3 is 3.19 bits per heavy atom. The molecule has 0 radical (unpaired) electrons. The maximum absolute atomic E-state index is 8.73. The number of hydrogen-bond donors (Lipinski definition) is 1. The molecule has 0 saturated carbocycles. The highest BCUT2D eigenvalue weighted by Gasteiger charge is 2.08. The molecule has 1 N–H and O–H groups in total. The number of nitrogens with zero attached hydrogens (tertiary/aromatic N) is 3. The number of furan rings is 1. The molecule has 6 heteroatoms. The van der Waals surface area contributed by atoms with Crippen LogP contribution in [0.25, 0.3) is 0 Å². The molecule has 2 aromatic rings. The standard InChI is InChI=1S/C10H8N4O2/c1-7-13-9(5-11)10(16-7)14-12-6-8-3-2-4-15-8/h2-4,6,14H,1H3/b12-6+. The number of hydrogen-bond acceptors (Lipinski definition) is 6. The third-order valence-electron chi connectivity index (χ3n) is 1.74. The van der Waals surface area contributed by atoms with Crippen molar-refractivity contribution in [3.63, 3.8) is 0 Å². The van der Waals surface area contributed by atoms with Crippen LogP contribution in [0.3, 0.4) is 0 Å². The van der Waals surface area contributed by atoms with E-state index in [4.69, 9.17) is 14.1 Å². The highest BCUT2D eigenvalue weighted by Crippen LogP contribution is 2.15. The van der Waals surface area contributed by atoms with Gasteiger partial charge in [-0.3, -0.25) is 0 Å². The molecule has 0 aliphatic carbocycles. The quantitative estimate of drug-likeness (QED) is 0.625. The smallest absolute Gasteiger partial charge is 0.252 e. The van der Waals surface area contributed by atoms with Gasteiger partial charge < -0.3 is 8.83 Å². The topological polar surface area (TPSA) is 87.4 Å². The average Bonchev–Trinajstić information content (AvgIpc) is 2.88. The summed E-state index contributed by atoms with van der Waals surface area (Å²) in [6.45, 7) is 1.66. The lowest BCUT2D eigenvalue weighted by atomic mass is 10.5. The van der Waals surface area contributed by atoms with Gasteiger partial charge in [-0.15, -0.1) is 0 Å². The van der Waals surface area contributed by atoms with E-state index in [9.17, 15) is 0 Å². The van der Waals surface area contributed by atoms with Gasteiger partial charge in [0.05, 0.1) is 12.5 Å². The molecule has 0 aromatic carbocycles. The fourth-order valence-electron chi connectivity index (χ4n) is 1.10. The van der Waals surface area contributed by atoms with Crippen LogP contribution in [0.4, 0.5) is 5.88 Å². The predicted octanol–water partition coefficient (Wildman–Crippen LogP) is 1.89. The highest BCUT2D eigenvalue weighted by atomic mass is 16.4. The van der Waals surface area contributed by atoms with Gasteiger partial charge in [-0.25, -0.2) is 10.4 Å².